The van der Waals surface area contributed by atoms with Gasteiger partial charge in [-0.15, -0.1) is 0 Å². The van der Waals surface area contributed by atoms with Crippen molar-refractivity contribution in [3.8, 4) is 22.3 Å². The summed E-state index contributed by atoms with van der Waals surface area (Å²) in [5, 5.41) is 15.5. The summed E-state index contributed by atoms with van der Waals surface area (Å²) in [7, 11) is 0. The molecule has 2 nitrogen and oxygen atoms in total. The van der Waals surface area contributed by atoms with E-state index in [4.69, 9.17) is 0 Å². The van der Waals surface area contributed by atoms with Crippen molar-refractivity contribution < 1.29 is 0 Å². The van der Waals surface area contributed by atoms with Crippen molar-refractivity contribution in [2.24, 2.45) is 0 Å². The molecule has 2 heteroatoms. The minimum atomic E-state index is 1.21. The Morgan fingerprint density at radius 3 is 0.643 bits per heavy atom. The molecule has 13 rings (SSSR count). The zero-order chi connectivity index (χ0) is 59.5. The molecule has 0 saturated heterocycles. The lowest BCUT2D eigenvalue weighted by Gasteiger charge is -2.35. The Morgan fingerprint density at radius 1 is 0.179 bits per heavy atom. The molecular formula is C82H80N2. The van der Waals surface area contributed by atoms with Crippen molar-refractivity contribution in [2.45, 2.75) is 138 Å². The van der Waals surface area contributed by atoms with E-state index in [1.807, 2.05) is 0 Å². The molecule has 0 spiro atoms. The summed E-state index contributed by atoms with van der Waals surface area (Å²) < 4.78 is 0. The van der Waals surface area contributed by atoms with E-state index in [1.54, 1.807) is 0 Å². The van der Waals surface area contributed by atoms with Gasteiger partial charge in [0.15, 0.2) is 0 Å². The van der Waals surface area contributed by atoms with Gasteiger partial charge in [-0.05, 0) is 338 Å². The quantitative estimate of drug-likeness (QED) is 0.150. The van der Waals surface area contributed by atoms with Crippen LogP contribution in [0.2, 0.25) is 0 Å². The lowest BCUT2D eigenvalue weighted by atomic mass is 9.87. The smallest absolute Gasteiger partial charge is 0.0541 e. The summed E-state index contributed by atoms with van der Waals surface area (Å²) >= 11 is 0. The first-order chi connectivity index (χ1) is 40.1. The average Bonchev–Trinajstić information content (AvgIpc) is 1.52. The Hall–Kier alpha value is -8.46. The third kappa shape index (κ3) is 7.34. The highest BCUT2D eigenvalue weighted by Crippen LogP contribution is 2.59. The molecule has 0 aliphatic rings. The average molecular weight is 1090 g/mol. The van der Waals surface area contributed by atoms with E-state index in [0.29, 0.717) is 0 Å². The Morgan fingerprint density at radius 2 is 0.393 bits per heavy atom. The van der Waals surface area contributed by atoms with E-state index in [0.717, 1.165) is 0 Å². The molecule has 0 aliphatic heterocycles. The molecule has 0 bridgehead atoms. The van der Waals surface area contributed by atoms with Gasteiger partial charge in [-0.1, -0.05) is 109 Å². The van der Waals surface area contributed by atoms with Gasteiger partial charge in [-0.3, -0.25) is 0 Å². The maximum atomic E-state index is 2.68. The molecule has 0 fully saturated rings. The fourth-order valence-corrected chi connectivity index (χ4v) is 15.6. The molecule has 0 radical (unpaired) electrons. The fourth-order valence-electron chi connectivity index (χ4n) is 15.6. The monoisotopic (exact) mass is 1090 g/mol. The van der Waals surface area contributed by atoms with Gasteiger partial charge in [0, 0.05) is 10.8 Å². The Balaban J connectivity index is 1.22. The standard InChI is InChI=1S/C82H80N2/c1-41-45(5)53(13)79(54(14)46(41)6)83(80-55(15)47(7)42(2)48(8)56(80)16)69-39-37-67-73-63(69)33-27-35-65(73)75-71(61-29-23-21-24-30-61)78-68-38-40-70(64-34-28-36-66(74(64)68)76(78)72(77(67)75)62-31-25-22-26-32-62)84(81-57(17)49(9)43(3)50(10)58(81)18)82-59(19)51(11)44(4)52(12)60(82)20/h21-40H,1-20H3. The summed E-state index contributed by atoms with van der Waals surface area (Å²) in [5.41, 5.74) is 39.6. The van der Waals surface area contributed by atoms with Gasteiger partial charge in [0.1, 0.15) is 0 Å². The normalized spacial score (nSPS) is 12.0. The molecule has 0 aliphatic carbocycles. The predicted molar refractivity (Wildman–Crippen MR) is 369 cm³/mol. The van der Waals surface area contributed by atoms with Crippen molar-refractivity contribution in [3.63, 3.8) is 0 Å². The van der Waals surface area contributed by atoms with E-state index in [9.17, 15) is 0 Å². The summed E-state index contributed by atoms with van der Waals surface area (Å²) in [6, 6.07) is 47.0. The topological polar surface area (TPSA) is 6.48 Å². The van der Waals surface area contributed by atoms with Crippen LogP contribution in [0.1, 0.15) is 111 Å². The number of rotatable bonds is 8. The van der Waals surface area contributed by atoms with Gasteiger partial charge in [0.05, 0.1) is 34.1 Å². The molecule has 0 N–H and O–H groups in total. The SMILES string of the molecule is Cc1c(C)c(C)c(N(c2c(C)c(C)c(C)c(C)c2C)c2ccc3c4c(-c5ccccc5)c5c6cccc7c(N(c8c(C)c(C)c(C)c(C)c8C)c8c(C)c(C)c(C)c(C)c8C)ccc(c5c(-c5ccccc5)c4c4cccc2c43)c76)c(C)c1C. The zero-order valence-corrected chi connectivity index (χ0v) is 53.4. The first-order valence-corrected chi connectivity index (χ1v) is 30.5. The summed E-state index contributed by atoms with van der Waals surface area (Å²) in [6.07, 6.45) is 0. The minimum absolute atomic E-state index is 1.21. The van der Waals surface area contributed by atoms with Gasteiger partial charge >= 0.3 is 0 Å². The summed E-state index contributed by atoms with van der Waals surface area (Å²) in [4.78, 5) is 5.36. The molecule has 13 aromatic carbocycles. The van der Waals surface area contributed by atoms with Crippen molar-refractivity contribution in [1.29, 1.82) is 0 Å². The van der Waals surface area contributed by atoms with Gasteiger partial charge in [0.2, 0.25) is 0 Å². The minimum Gasteiger partial charge on any atom is -0.309 e. The molecule has 84 heavy (non-hydrogen) atoms. The molecule has 418 valence electrons. The van der Waals surface area contributed by atoms with Crippen LogP contribution in [0, 0.1) is 138 Å². The van der Waals surface area contributed by atoms with E-state index >= 15 is 0 Å². The Kier molecular flexibility index (Phi) is 12.8. The lowest BCUT2D eigenvalue weighted by Crippen LogP contribution is -2.19. The van der Waals surface area contributed by atoms with Crippen LogP contribution in [0.4, 0.5) is 34.1 Å². The van der Waals surface area contributed by atoms with Crippen LogP contribution in [0.15, 0.2) is 121 Å². The van der Waals surface area contributed by atoms with Crippen LogP contribution in [0.5, 0.6) is 0 Å². The number of fused-ring (bicyclic) bond motifs is 6. The van der Waals surface area contributed by atoms with Crippen molar-refractivity contribution in [3.05, 3.63) is 233 Å². The maximum absolute atomic E-state index is 2.68. The highest BCUT2D eigenvalue weighted by atomic mass is 15.2. The largest absolute Gasteiger partial charge is 0.309 e. The number of nitrogens with zero attached hydrogens (tertiary/aromatic N) is 2. The molecule has 0 saturated carbocycles. The van der Waals surface area contributed by atoms with Crippen LogP contribution in [-0.4, -0.2) is 0 Å². The van der Waals surface area contributed by atoms with E-state index in [2.05, 4.69) is 270 Å². The van der Waals surface area contributed by atoms with Crippen LogP contribution >= 0.6 is 0 Å². The summed E-state index contributed by atoms with van der Waals surface area (Å²) in [6.45, 7) is 46.6. The van der Waals surface area contributed by atoms with Gasteiger partial charge in [-0.2, -0.15) is 0 Å². The van der Waals surface area contributed by atoms with E-state index < -0.39 is 0 Å². The molecule has 0 aromatic heterocycles. The van der Waals surface area contributed by atoms with Crippen molar-refractivity contribution in [1.82, 2.24) is 0 Å². The van der Waals surface area contributed by atoms with Gasteiger partial charge in [-0.25, -0.2) is 0 Å². The number of benzene rings is 11. The second-order valence-corrected chi connectivity index (χ2v) is 25.3. The van der Waals surface area contributed by atoms with Gasteiger partial charge in [0.25, 0.3) is 0 Å². The first-order valence-electron chi connectivity index (χ1n) is 30.5. The number of anilines is 6. The molecule has 0 atom stereocenters. The Bertz CT molecular complexity index is 4340. The highest BCUT2D eigenvalue weighted by molar-refractivity contribution is 6.47. The third-order valence-corrected chi connectivity index (χ3v) is 22.0. The van der Waals surface area contributed by atoms with Crippen LogP contribution in [0.3, 0.4) is 0 Å². The Labute approximate surface area is 499 Å². The van der Waals surface area contributed by atoms with Crippen LogP contribution < -0.4 is 9.80 Å². The van der Waals surface area contributed by atoms with E-state index in [1.165, 1.54) is 232 Å². The van der Waals surface area contributed by atoms with Crippen LogP contribution in [0.25, 0.3) is 86.9 Å². The second kappa shape index (κ2) is 19.6. The van der Waals surface area contributed by atoms with Crippen molar-refractivity contribution >= 4 is 98.8 Å². The number of hydrogen-bond donors (Lipinski definition) is 0. The number of hydrogen-bond acceptors (Lipinski definition) is 2. The highest BCUT2D eigenvalue weighted by Gasteiger charge is 2.33. The molecule has 0 heterocycles. The molecular weight excluding hydrogens is 1010 g/mol. The van der Waals surface area contributed by atoms with Gasteiger partial charge < -0.3 is 9.80 Å². The molecule has 0 unspecified atom stereocenters. The van der Waals surface area contributed by atoms with Crippen LogP contribution in [-0.2, 0) is 0 Å². The van der Waals surface area contributed by atoms with E-state index in [-0.39, 0.29) is 0 Å². The fraction of sp³-hybridized carbons (Fsp3) is 0.244. The summed E-state index contributed by atoms with van der Waals surface area (Å²) in [5.74, 6) is 0. The lowest BCUT2D eigenvalue weighted by molar-refractivity contribution is 1.10. The second-order valence-electron chi connectivity index (χ2n) is 25.3. The molecule has 0 amide bonds. The van der Waals surface area contributed by atoms with Crippen molar-refractivity contribution in [2.75, 3.05) is 9.80 Å². The molecule has 13 aromatic rings. The maximum Gasteiger partial charge on any atom is 0.0541 e. The third-order valence-electron chi connectivity index (χ3n) is 22.0. The predicted octanol–water partition coefficient (Wildman–Crippen LogP) is 23.9. The zero-order valence-electron chi connectivity index (χ0n) is 53.4. The first kappa shape index (κ1) is 54.8.